The summed E-state index contributed by atoms with van der Waals surface area (Å²) in [7, 11) is -0.335. The van der Waals surface area contributed by atoms with E-state index in [1.807, 2.05) is 0 Å². The third-order valence-electron chi connectivity index (χ3n) is 3.43. The molecule has 0 saturated heterocycles. The third-order valence-corrected chi connectivity index (χ3v) is 5.71. The zero-order valence-corrected chi connectivity index (χ0v) is 12.8. The van der Waals surface area contributed by atoms with Gasteiger partial charge in [-0.3, -0.25) is 0 Å². The molecule has 0 radical (unpaired) electrons. The maximum absolute atomic E-state index is 11.1. The lowest BCUT2D eigenvalue weighted by atomic mass is 10.0. The molecule has 2 rings (SSSR count). The number of hydrogen-bond acceptors (Lipinski definition) is 1. The zero-order valence-electron chi connectivity index (χ0n) is 11.4. The Morgan fingerprint density at radius 3 is 1.84 bits per heavy atom. The predicted molar refractivity (Wildman–Crippen MR) is 83.4 cm³/mol. The van der Waals surface area contributed by atoms with Gasteiger partial charge in [0, 0.05) is 15.9 Å². The van der Waals surface area contributed by atoms with Crippen molar-refractivity contribution in [2.24, 2.45) is 0 Å². The number of ketones is 1. The quantitative estimate of drug-likeness (QED) is 0.734. The van der Waals surface area contributed by atoms with Gasteiger partial charge in [-0.15, -0.1) is 0 Å². The smallest absolute Gasteiger partial charge is 0.129 e. The maximum Gasteiger partial charge on any atom is 0.129 e. The highest BCUT2D eigenvalue weighted by Gasteiger charge is 2.14. The second-order valence-electron chi connectivity index (χ2n) is 4.97. The zero-order chi connectivity index (χ0) is 13.5. The van der Waals surface area contributed by atoms with E-state index in [9.17, 15) is 4.79 Å². The Morgan fingerprint density at radius 2 is 1.42 bits per heavy atom. The fourth-order valence-electron chi connectivity index (χ4n) is 2.45. The number of carbonyl (C=O) groups excluding carboxylic acids is 1. The first-order chi connectivity index (χ1) is 9.27. The molecule has 0 bridgehead atoms. The molecule has 0 amide bonds. The van der Waals surface area contributed by atoms with E-state index in [2.05, 4.69) is 60.7 Å². The summed E-state index contributed by atoms with van der Waals surface area (Å²) in [6, 6.07) is 22.4. The van der Waals surface area contributed by atoms with Gasteiger partial charge in [0.15, 0.2) is 0 Å². The standard InChI is InChI=1S/C17H20OSi/c1-14(18)12-13-19-17(15-8-4-2-5-9-15)16-10-6-3-7-11-16/h2-11,17H,12-13,19H2,1H3. The van der Waals surface area contributed by atoms with Crippen LogP contribution in [0.5, 0.6) is 0 Å². The molecule has 2 aromatic carbocycles. The molecule has 98 valence electrons. The van der Waals surface area contributed by atoms with Crippen LogP contribution >= 0.6 is 0 Å². The van der Waals surface area contributed by atoms with Gasteiger partial charge in [0.25, 0.3) is 0 Å². The molecule has 19 heavy (non-hydrogen) atoms. The molecule has 2 aromatic rings. The van der Waals surface area contributed by atoms with Gasteiger partial charge >= 0.3 is 0 Å². The van der Waals surface area contributed by atoms with Crippen molar-refractivity contribution in [1.82, 2.24) is 0 Å². The lowest BCUT2D eigenvalue weighted by Gasteiger charge is -2.17. The summed E-state index contributed by atoms with van der Waals surface area (Å²) in [6.45, 7) is 1.69. The molecule has 0 unspecified atom stereocenters. The van der Waals surface area contributed by atoms with E-state index in [-0.39, 0.29) is 9.52 Å². The average molecular weight is 268 g/mol. The number of Topliss-reactive ketones (excluding diaryl/α,β-unsaturated/α-hetero) is 1. The molecule has 1 nitrogen and oxygen atoms in total. The van der Waals surface area contributed by atoms with Crippen molar-refractivity contribution >= 4 is 15.3 Å². The number of hydrogen-bond donors (Lipinski definition) is 0. The van der Waals surface area contributed by atoms with Crippen molar-refractivity contribution in [2.75, 3.05) is 0 Å². The van der Waals surface area contributed by atoms with E-state index in [1.165, 1.54) is 11.1 Å². The summed E-state index contributed by atoms with van der Waals surface area (Å²) in [4.78, 5) is 11.1. The van der Waals surface area contributed by atoms with Crippen LogP contribution in [0.1, 0.15) is 30.0 Å². The van der Waals surface area contributed by atoms with Crippen molar-refractivity contribution in [1.29, 1.82) is 0 Å². The number of benzene rings is 2. The van der Waals surface area contributed by atoms with Crippen molar-refractivity contribution in [3.8, 4) is 0 Å². The van der Waals surface area contributed by atoms with Gasteiger partial charge in [0.1, 0.15) is 5.78 Å². The SMILES string of the molecule is CC(=O)CC[SiH2]C(c1ccccc1)c1ccccc1. The molecule has 2 heteroatoms. The Balaban J connectivity index is 2.17. The minimum absolute atomic E-state index is 0.312. The van der Waals surface area contributed by atoms with Crippen LogP contribution in [0.4, 0.5) is 0 Å². The van der Waals surface area contributed by atoms with Gasteiger partial charge in [-0.25, -0.2) is 0 Å². The lowest BCUT2D eigenvalue weighted by Crippen LogP contribution is -2.10. The van der Waals surface area contributed by atoms with E-state index < -0.39 is 0 Å². The van der Waals surface area contributed by atoms with Crippen LogP contribution in [0.2, 0.25) is 6.04 Å². The first kappa shape index (κ1) is 13.8. The van der Waals surface area contributed by atoms with Crippen LogP contribution in [0.15, 0.2) is 60.7 Å². The first-order valence-electron chi connectivity index (χ1n) is 6.86. The van der Waals surface area contributed by atoms with Gasteiger partial charge < -0.3 is 4.79 Å². The Hall–Kier alpha value is -1.67. The van der Waals surface area contributed by atoms with Crippen molar-refractivity contribution in [3.63, 3.8) is 0 Å². The van der Waals surface area contributed by atoms with Crippen LogP contribution in [0, 0.1) is 0 Å². The largest absolute Gasteiger partial charge is 0.300 e. The monoisotopic (exact) mass is 268 g/mol. The van der Waals surface area contributed by atoms with Crippen LogP contribution < -0.4 is 0 Å². The number of rotatable bonds is 6. The number of carbonyl (C=O) groups is 1. The van der Waals surface area contributed by atoms with E-state index in [0.717, 1.165) is 12.5 Å². The normalized spacial score (nSPS) is 11.3. The topological polar surface area (TPSA) is 17.1 Å². The summed E-state index contributed by atoms with van der Waals surface area (Å²) < 4.78 is 0. The Kier molecular flexibility index (Phi) is 5.10. The van der Waals surface area contributed by atoms with E-state index in [1.54, 1.807) is 6.92 Å². The summed E-state index contributed by atoms with van der Waals surface area (Å²) in [5, 5.41) is 0. The van der Waals surface area contributed by atoms with Crippen molar-refractivity contribution < 1.29 is 4.79 Å². The van der Waals surface area contributed by atoms with Gasteiger partial charge in [-0.2, -0.15) is 0 Å². The lowest BCUT2D eigenvalue weighted by molar-refractivity contribution is -0.116. The summed E-state index contributed by atoms with van der Waals surface area (Å²) in [5.74, 6) is 0.312. The van der Waals surface area contributed by atoms with Crippen molar-refractivity contribution in [3.05, 3.63) is 71.8 Å². The summed E-state index contributed by atoms with van der Waals surface area (Å²) in [5.41, 5.74) is 3.31. The second kappa shape index (κ2) is 7.05. The van der Waals surface area contributed by atoms with Gasteiger partial charge in [0.05, 0.1) is 0 Å². The molecule has 0 N–H and O–H groups in total. The molecular formula is C17H20OSi. The Labute approximate surface area is 117 Å². The minimum Gasteiger partial charge on any atom is -0.300 e. The molecule has 0 aromatic heterocycles. The van der Waals surface area contributed by atoms with E-state index in [4.69, 9.17) is 0 Å². The van der Waals surface area contributed by atoms with Gasteiger partial charge in [0.2, 0.25) is 0 Å². The molecule has 0 heterocycles. The van der Waals surface area contributed by atoms with E-state index in [0.29, 0.717) is 11.3 Å². The molecule has 0 saturated carbocycles. The average Bonchev–Trinajstić information content (AvgIpc) is 2.45. The highest BCUT2D eigenvalue weighted by atomic mass is 28.2. The Morgan fingerprint density at radius 1 is 0.947 bits per heavy atom. The molecule has 0 fully saturated rings. The maximum atomic E-state index is 11.1. The fraction of sp³-hybridized carbons (Fsp3) is 0.235. The summed E-state index contributed by atoms with van der Waals surface area (Å²) in [6.07, 6.45) is 0.738. The van der Waals surface area contributed by atoms with Gasteiger partial charge in [-0.05, 0) is 23.6 Å². The van der Waals surface area contributed by atoms with Crippen LogP contribution in [-0.2, 0) is 4.79 Å². The highest BCUT2D eigenvalue weighted by Crippen LogP contribution is 2.24. The first-order valence-corrected chi connectivity index (χ1v) is 8.68. The van der Waals surface area contributed by atoms with Crippen molar-refractivity contribution in [2.45, 2.75) is 24.9 Å². The van der Waals surface area contributed by atoms with Crippen LogP contribution in [-0.4, -0.2) is 15.3 Å². The molecular weight excluding hydrogens is 248 g/mol. The highest BCUT2D eigenvalue weighted by molar-refractivity contribution is 6.39. The fourth-order valence-corrected chi connectivity index (χ4v) is 4.77. The third kappa shape index (κ3) is 4.18. The van der Waals surface area contributed by atoms with Crippen LogP contribution in [0.25, 0.3) is 0 Å². The van der Waals surface area contributed by atoms with Gasteiger partial charge in [-0.1, -0.05) is 66.7 Å². The minimum atomic E-state index is -0.335. The summed E-state index contributed by atoms with van der Waals surface area (Å²) >= 11 is 0. The molecule has 0 aliphatic rings. The second-order valence-corrected chi connectivity index (χ2v) is 7.07. The van der Waals surface area contributed by atoms with Crippen LogP contribution in [0.3, 0.4) is 0 Å². The molecule has 0 aliphatic heterocycles. The van der Waals surface area contributed by atoms with E-state index >= 15 is 0 Å². The molecule has 0 aliphatic carbocycles. The molecule has 0 spiro atoms. The molecule has 0 atom stereocenters. The Bertz CT molecular complexity index is 468. The predicted octanol–water partition coefficient (Wildman–Crippen LogP) is 3.34.